The lowest BCUT2D eigenvalue weighted by Crippen LogP contribution is -2.07. The number of nitrogens with zero attached hydrogens (tertiary/aromatic N) is 2. The maximum absolute atomic E-state index is 11.2. The van der Waals surface area contributed by atoms with Gasteiger partial charge in [-0.05, 0) is 19.9 Å². The molecule has 2 rings (SSSR count). The summed E-state index contributed by atoms with van der Waals surface area (Å²) in [7, 11) is 0. The topological polar surface area (TPSA) is 67.9 Å². The number of hydrogen-bond donors (Lipinski definition) is 1. The van der Waals surface area contributed by atoms with Gasteiger partial charge in [-0.25, -0.2) is 5.10 Å². The van der Waals surface area contributed by atoms with Gasteiger partial charge in [0, 0.05) is 23.4 Å². The molecule has 2 aromatic rings. The van der Waals surface area contributed by atoms with Gasteiger partial charge < -0.3 is 4.74 Å². The zero-order valence-electron chi connectivity index (χ0n) is 9.68. The largest absolute Gasteiger partial charge is 0.489 e. The molecule has 5 nitrogen and oxygen atoms in total. The van der Waals surface area contributed by atoms with Crippen molar-refractivity contribution in [3.63, 3.8) is 0 Å². The number of ether oxygens (including phenoxy) is 1. The Kier molecular flexibility index (Phi) is 3.18. The van der Waals surface area contributed by atoms with Crippen LogP contribution in [-0.2, 0) is 0 Å². The number of aromatic amines is 1. The van der Waals surface area contributed by atoms with Crippen molar-refractivity contribution in [3.8, 4) is 16.9 Å². The summed E-state index contributed by atoms with van der Waals surface area (Å²) in [5.41, 5.74) is 1.29. The lowest BCUT2D eigenvalue weighted by molar-refractivity contribution is 0.241. The second kappa shape index (κ2) is 4.78. The van der Waals surface area contributed by atoms with E-state index in [2.05, 4.69) is 15.2 Å². The van der Waals surface area contributed by atoms with Gasteiger partial charge in [0.25, 0.3) is 5.56 Å². The molecule has 88 valence electrons. The number of hydrogen-bond acceptors (Lipinski definition) is 4. The fraction of sp³-hybridized carbons (Fsp3) is 0.250. The van der Waals surface area contributed by atoms with Gasteiger partial charge in [0.15, 0.2) is 0 Å². The van der Waals surface area contributed by atoms with Gasteiger partial charge in [-0.2, -0.15) is 5.10 Å². The summed E-state index contributed by atoms with van der Waals surface area (Å²) in [6, 6.07) is 3.31. The molecular weight excluding hydrogens is 218 g/mol. The first-order chi connectivity index (χ1) is 8.15. The van der Waals surface area contributed by atoms with E-state index >= 15 is 0 Å². The van der Waals surface area contributed by atoms with E-state index in [1.165, 1.54) is 6.07 Å². The number of H-pyrrole nitrogens is 1. The Bertz CT molecular complexity index is 563. The van der Waals surface area contributed by atoms with Gasteiger partial charge in [0.05, 0.1) is 18.5 Å². The van der Waals surface area contributed by atoms with E-state index in [9.17, 15) is 4.79 Å². The van der Waals surface area contributed by atoms with Crippen LogP contribution >= 0.6 is 0 Å². The van der Waals surface area contributed by atoms with E-state index in [4.69, 9.17) is 4.74 Å². The average Bonchev–Trinajstić information content (AvgIpc) is 2.28. The number of aromatic nitrogens is 3. The highest BCUT2D eigenvalue weighted by Gasteiger charge is 2.03. The highest BCUT2D eigenvalue weighted by atomic mass is 16.5. The molecule has 1 N–H and O–H groups in total. The molecule has 2 heterocycles. The van der Waals surface area contributed by atoms with Gasteiger partial charge in [-0.3, -0.25) is 9.78 Å². The average molecular weight is 231 g/mol. The van der Waals surface area contributed by atoms with Crippen LogP contribution in [0.25, 0.3) is 11.1 Å². The summed E-state index contributed by atoms with van der Waals surface area (Å²) < 4.78 is 5.54. The molecule has 17 heavy (non-hydrogen) atoms. The Morgan fingerprint density at radius 1 is 1.18 bits per heavy atom. The second-order valence-corrected chi connectivity index (χ2v) is 3.91. The monoisotopic (exact) mass is 231 g/mol. The van der Waals surface area contributed by atoms with E-state index in [1.807, 2.05) is 19.9 Å². The van der Waals surface area contributed by atoms with Gasteiger partial charge >= 0.3 is 0 Å². The summed E-state index contributed by atoms with van der Waals surface area (Å²) in [4.78, 5) is 15.2. The molecule has 0 aliphatic carbocycles. The Balaban J connectivity index is 2.36. The molecule has 0 aliphatic heterocycles. The third-order valence-corrected chi connectivity index (χ3v) is 2.08. The smallest absolute Gasteiger partial charge is 0.264 e. The van der Waals surface area contributed by atoms with Crippen molar-refractivity contribution in [3.05, 3.63) is 41.1 Å². The lowest BCUT2D eigenvalue weighted by Gasteiger charge is -2.10. The minimum atomic E-state index is -0.238. The third-order valence-electron chi connectivity index (χ3n) is 2.08. The normalized spacial score (nSPS) is 10.5. The van der Waals surface area contributed by atoms with Crippen molar-refractivity contribution >= 4 is 0 Å². The van der Waals surface area contributed by atoms with E-state index < -0.39 is 0 Å². The first-order valence-corrected chi connectivity index (χ1v) is 5.32. The molecule has 0 aromatic carbocycles. The van der Waals surface area contributed by atoms with Crippen molar-refractivity contribution in [2.24, 2.45) is 0 Å². The van der Waals surface area contributed by atoms with E-state index in [0.29, 0.717) is 5.75 Å². The molecule has 0 aliphatic rings. The van der Waals surface area contributed by atoms with Crippen molar-refractivity contribution in [2.45, 2.75) is 20.0 Å². The van der Waals surface area contributed by atoms with E-state index in [0.717, 1.165) is 11.1 Å². The molecule has 5 heteroatoms. The Hall–Kier alpha value is -2.17. The van der Waals surface area contributed by atoms with Gasteiger partial charge in [0.2, 0.25) is 0 Å². The van der Waals surface area contributed by atoms with Crippen molar-refractivity contribution in [1.82, 2.24) is 15.2 Å². The summed E-state index contributed by atoms with van der Waals surface area (Å²) in [6.45, 7) is 3.89. The first-order valence-electron chi connectivity index (χ1n) is 5.32. The maximum Gasteiger partial charge on any atom is 0.264 e. The number of pyridine rings is 1. The van der Waals surface area contributed by atoms with Crippen LogP contribution in [0.5, 0.6) is 5.75 Å². The third kappa shape index (κ3) is 2.90. The van der Waals surface area contributed by atoms with Crippen LogP contribution in [0, 0.1) is 0 Å². The fourth-order valence-corrected chi connectivity index (χ4v) is 1.45. The zero-order chi connectivity index (χ0) is 12.3. The molecule has 2 aromatic heterocycles. The van der Waals surface area contributed by atoms with Crippen molar-refractivity contribution in [2.75, 3.05) is 0 Å². The molecule has 0 saturated carbocycles. The number of nitrogens with one attached hydrogen (secondary N) is 1. The van der Waals surface area contributed by atoms with E-state index in [-0.39, 0.29) is 11.7 Å². The molecular formula is C12H13N3O2. The highest BCUT2D eigenvalue weighted by molar-refractivity contribution is 5.62. The first kappa shape index (κ1) is 11.3. The van der Waals surface area contributed by atoms with Crippen LogP contribution in [0.2, 0.25) is 0 Å². The summed E-state index contributed by atoms with van der Waals surface area (Å²) in [5.74, 6) is 0.679. The van der Waals surface area contributed by atoms with Crippen LogP contribution in [0.3, 0.4) is 0 Å². The minimum absolute atomic E-state index is 0.0874. The molecule has 0 amide bonds. The van der Waals surface area contributed by atoms with Crippen LogP contribution in [-0.4, -0.2) is 21.3 Å². The standard InChI is InChI=1S/C12H13N3O2/c1-8(2)17-11-3-9(5-13-7-11)10-4-12(16)15-14-6-10/h3-8H,1-2H3,(H,15,16). The molecule has 0 saturated heterocycles. The lowest BCUT2D eigenvalue weighted by atomic mass is 10.1. The molecule has 0 unspecified atom stereocenters. The SMILES string of the molecule is CC(C)Oc1cncc(-c2cn[nH]c(=O)c2)c1. The van der Waals surface area contributed by atoms with Crippen molar-refractivity contribution in [1.29, 1.82) is 0 Å². The van der Waals surface area contributed by atoms with E-state index in [1.54, 1.807) is 18.6 Å². The molecule has 0 spiro atoms. The Morgan fingerprint density at radius 2 is 1.94 bits per heavy atom. The summed E-state index contributed by atoms with van der Waals surface area (Å²) in [5, 5.41) is 6.08. The van der Waals surface area contributed by atoms with Crippen LogP contribution in [0.4, 0.5) is 0 Å². The van der Waals surface area contributed by atoms with Gasteiger partial charge in [0.1, 0.15) is 5.75 Å². The Labute approximate surface area is 98.5 Å². The molecule has 0 bridgehead atoms. The zero-order valence-corrected chi connectivity index (χ0v) is 9.68. The highest BCUT2D eigenvalue weighted by Crippen LogP contribution is 2.21. The summed E-state index contributed by atoms with van der Waals surface area (Å²) >= 11 is 0. The predicted molar refractivity (Wildman–Crippen MR) is 63.9 cm³/mol. The van der Waals surface area contributed by atoms with Crippen LogP contribution < -0.4 is 10.3 Å². The van der Waals surface area contributed by atoms with Crippen LogP contribution in [0.1, 0.15) is 13.8 Å². The van der Waals surface area contributed by atoms with Gasteiger partial charge in [-0.1, -0.05) is 0 Å². The van der Waals surface area contributed by atoms with Gasteiger partial charge in [-0.15, -0.1) is 0 Å². The molecule has 0 fully saturated rings. The Morgan fingerprint density at radius 3 is 2.65 bits per heavy atom. The second-order valence-electron chi connectivity index (χ2n) is 3.91. The minimum Gasteiger partial charge on any atom is -0.489 e. The molecule has 0 atom stereocenters. The van der Waals surface area contributed by atoms with Crippen molar-refractivity contribution < 1.29 is 4.74 Å². The predicted octanol–water partition coefficient (Wildman–Crippen LogP) is 1.62. The fourth-order valence-electron chi connectivity index (χ4n) is 1.45. The van der Waals surface area contributed by atoms with Crippen LogP contribution in [0.15, 0.2) is 35.5 Å². The number of rotatable bonds is 3. The summed E-state index contributed by atoms with van der Waals surface area (Å²) in [6.07, 6.45) is 4.98. The molecule has 0 radical (unpaired) electrons. The maximum atomic E-state index is 11.2. The quantitative estimate of drug-likeness (QED) is 0.871.